The van der Waals surface area contributed by atoms with Crippen molar-refractivity contribution in [2.75, 3.05) is 13.1 Å². The van der Waals surface area contributed by atoms with Crippen molar-refractivity contribution >= 4 is 33.8 Å². The van der Waals surface area contributed by atoms with Gasteiger partial charge in [0.15, 0.2) is 0 Å². The Morgan fingerprint density at radius 2 is 1.60 bits per heavy atom. The van der Waals surface area contributed by atoms with Crippen LogP contribution in [0.25, 0.3) is 6.08 Å². The van der Waals surface area contributed by atoms with E-state index in [0.29, 0.717) is 5.56 Å². The lowest BCUT2D eigenvalue weighted by Crippen LogP contribution is -2.40. The second-order valence-corrected chi connectivity index (χ2v) is 8.52. The fraction of sp³-hybridized carbons (Fsp3) is 0.304. The molecule has 1 unspecified atom stereocenters. The molecule has 0 bridgehead atoms. The number of nitrogens with one attached hydrogen (secondary N) is 2. The van der Waals surface area contributed by atoms with Crippen LogP contribution in [-0.4, -0.2) is 37.3 Å². The molecule has 0 saturated carbocycles. The van der Waals surface area contributed by atoms with Gasteiger partial charge >= 0.3 is 12.4 Å². The average molecular weight is 569 g/mol. The van der Waals surface area contributed by atoms with Crippen LogP contribution < -0.4 is 10.6 Å². The van der Waals surface area contributed by atoms with Gasteiger partial charge in [-0.15, -0.1) is 0 Å². The van der Waals surface area contributed by atoms with E-state index in [1.807, 2.05) is 0 Å². The number of hydrogen-bond donors (Lipinski definition) is 2. The topological polar surface area (TPSA) is 58.2 Å². The Bertz CT molecular complexity index is 1100. The SMILES string of the molecule is Cc1cc(C(/C=C/c2ccc(C(=O)NCC(=O)NCC(F)(F)F)c(Br)c2)C(F)(F)F)cc(C)c1F. The number of allylic oxidation sites excluding steroid dienone is 1. The highest BCUT2D eigenvalue weighted by molar-refractivity contribution is 9.10. The summed E-state index contributed by atoms with van der Waals surface area (Å²) in [7, 11) is 0. The number of aryl methyl sites for hydroxylation is 2. The minimum absolute atomic E-state index is 0.0166. The van der Waals surface area contributed by atoms with Crippen LogP contribution >= 0.6 is 15.9 Å². The highest BCUT2D eigenvalue weighted by Gasteiger charge is 2.39. The van der Waals surface area contributed by atoms with E-state index in [4.69, 9.17) is 0 Å². The smallest absolute Gasteiger partial charge is 0.345 e. The molecule has 0 aliphatic heterocycles. The van der Waals surface area contributed by atoms with Crippen molar-refractivity contribution in [3.8, 4) is 0 Å². The maximum atomic E-state index is 13.8. The van der Waals surface area contributed by atoms with E-state index in [1.54, 1.807) is 5.32 Å². The van der Waals surface area contributed by atoms with Crippen molar-refractivity contribution in [1.29, 1.82) is 0 Å². The summed E-state index contributed by atoms with van der Waals surface area (Å²) in [6.07, 6.45) is -7.12. The van der Waals surface area contributed by atoms with Gasteiger partial charge in [-0.05, 0) is 64.2 Å². The van der Waals surface area contributed by atoms with E-state index < -0.39 is 49.0 Å². The van der Waals surface area contributed by atoms with Gasteiger partial charge in [0.25, 0.3) is 5.91 Å². The van der Waals surface area contributed by atoms with Crippen LogP contribution in [0.1, 0.15) is 38.5 Å². The van der Waals surface area contributed by atoms with E-state index in [9.17, 15) is 40.3 Å². The fourth-order valence-corrected chi connectivity index (χ4v) is 3.69. The number of alkyl halides is 6. The summed E-state index contributed by atoms with van der Waals surface area (Å²) in [5.41, 5.74) is 0.383. The van der Waals surface area contributed by atoms with Crippen LogP contribution in [0.4, 0.5) is 30.7 Å². The molecule has 12 heteroatoms. The number of benzene rings is 2. The first kappa shape index (κ1) is 28.3. The van der Waals surface area contributed by atoms with Gasteiger partial charge in [-0.2, -0.15) is 26.3 Å². The summed E-state index contributed by atoms with van der Waals surface area (Å²) in [6, 6.07) is 6.28. The molecule has 0 heterocycles. The molecule has 0 saturated heterocycles. The summed E-state index contributed by atoms with van der Waals surface area (Å²) in [5.74, 6) is -4.40. The second kappa shape index (κ2) is 11.2. The molecule has 2 aromatic carbocycles. The van der Waals surface area contributed by atoms with Gasteiger partial charge in [0.1, 0.15) is 12.4 Å². The highest BCUT2D eigenvalue weighted by Crippen LogP contribution is 2.37. The van der Waals surface area contributed by atoms with E-state index in [1.165, 1.54) is 38.1 Å². The number of amides is 2. The van der Waals surface area contributed by atoms with E-state index >= 15 is 0 Å². The van der Waals surface area contributed by atoms with Crippen molar-refractivity contribution in [3.63, 3.8) is 0 Å². The molecular weight excluding hydrogens is 549 g/mol. The maximum Gasteiger partial charge on any atom is 0.405 e. The van der Waals surface area contributed by atoms with Crippen molar-refractivity contribution in [3.05, 3.63) is 74.5 Å². The quantitative estimate of drug-likeness (QED) is 0.404. The second-order valence-electron chi connectivity index (χ2n) is 7.66. The summed E-state index contributed by atoms with van der Waals surface area (Å²) in [4.78, 5) is 23.6. The molecule has 0 aliphatic rings. The number of rotatable bonds is 7. The molecule has 35 heavy (non-hydrogen) atoms. The van der Waals surface area contributed by atoms with Crippen molar-refractivity contribution in [2.24, 2.45) is 0 Å². The fourth-order valence-electron chi connectivity index (χ4n) is 3.11. The lowest BCUT2D eigenvalue weighted by molar-refractivity contribution is -0.139. The zero-order chi connectivity index (χ0) is 26.6. The number of carbonyl (C=O) groups is 2. The first-order valence-corrected chi connectivity index (χ1v) is 10.8. The van der Waals surface area contributed by atoms with Crippen LogP contribution in [-0.2, 0) is 4.79 Å². The molecule has 0 spiro atoms. The van der Waals surface area contributed by atoms with Gasteiger partial charge in [-0.1, -0.05) is 30.4 Å². The maximum absolute atomic E-state index is 13.8. The standard InChI is InChI=1S/C23H20BrF7N2O2/c1-12-7-15(8-13(2)20(12)25)17(23(29,30)31)6-4-14-3-5-16(18(24)9-14)21(35)32-10-19(34)33-11-22(26,27)28/h3-9,17H,10-11H2,1-2H3,(H,32,35)(H,33,34)/b6-4+. The third kappa shape index (κ3) is 8.37. The minimum Gasteiger partial charge on any atom is -0.345 e. The average Bonchev–Trinajstić information content (AvgIpc) is 2.73. The Morgan fingerprint density at radius 3 is 2.11 bits per heavy atom. The summed E-state index contributed by atoms with van der Waals surface area (Å²) in [5, 5.41) is 3.76. The van der Waals surface area contributed by atoms with Gasteiger partial charge in [0.2, 0.25) is 5.91 Å². The summed E-state index contributed by atoms with van der Waals surface area (Å²) < 4.78 is 91.4. The predicted molar refractivity (Wildman–Crippen MR) is 119 cm³/mol. The Hall–Kier alpha value is -2.89. The molecule has 2 amide bonds. The van der Waals surface area contributed by atoms with Gasteiger partial charge in [-0.25, -0.2) is 4.39 Å². The van der Waals surface area contributed by atoms with Crippen LogP contribution in [0, 0.1) is 19.7 Å². The van der Waals surface area contributed by atoms with E-state index in [0.717, 1.165) is 18.2 Å². The molecule has 4 nitrogen and oxygen atoms in total. The first-order chi connectivity index (χ1) is 16.1. The molecule has 1 atom stereocenters. The summed E-state index contributed by atoms with van der Waals surface area (Å²) >= 11 is 3.12. The van der Waals surface area contributed by atoms with Crippen LogP contribution in [0.3, 0.4) is 0 Å². The van der Waals surface area contributed by atoms with Crippen LogP contribution in [0.2, 0.25) is 0 Å². The largest absolute Gasteiger partial charge is 0.405 e. The Morgan fingerprint density at radius 1 is 1.00 bits per heavy atom. The normalized spacial score (nSPS) is 13.1. The molecule has 2 N–H and O–H groups in total. The Labute approximate surface area is 204 Å². The van der Waals surface area contributed by atoms with Crippen molar-refractivity contribution in [2.45, 2.75) is 32.1 Å². The lowest BCUT2D eigenvalue weighted by Gasteiger charge is -2.19. The monoisotopic (exact) mass is 568 g/mol. The molecule has 0 aliphatic carbocycles. The van der Waals surface area contributed by atoms with Crippen LogP contribution in [0.15, 0.2) is 40.9 Å². The number of halogens is 8. The number of hydrogen-bond acceptors (Lipinski definition) is 2. The van der Waals surface area contributed by atoms with E-state index in [2.05, 4.69) is 21.2 Å². The zero-order valence-corrected chi connectivity index (χ0v) is 20.0. The molecule has 0 radical (unpaired) electrons. The Balaban J connectivity index is 2.15. The van der Waals surface area contributed by atoms with Gasteiger partial charge in [0, 0.05) is 4.47 Å². The zero-order valence-electron chi connectivity index (χ0n) is 18.4. The van der Waals surface area contributed by atoms with Crippen molar-refractivity contribution < 1.29 is 40.3 Å². The molecule has 2 rings (SSSR count). The molecule has 0 aromatic heterocycles. The molecular formula is C23H20BrF7N2O2. The van der Waals surface area contributed by atoms with Crippen molar-refractivity contribution in [1.82, 2.24) is 10.6 Å². The Kier molecular flexibility index (Phi) is 9.10. The minimum atomic E-state index is -4.64. The molecule has 190 valence electrons. The lowest BCUT2D eigenvalue weighted by atomic mass is 9.93. The predicted octanol–water partition coefficient (Wildman–Crippen LogP) is 5.97. The third-order valence-corrected chi connectivity index (χ3v) is 5.44. The van der Waals surface area contributed by atoms with Gasteiger partial charge in [-0.3, -0.25) is 9.59 Å². The van der Waals surface area contributed by atoms with Gasteiger partial charge in [0.05, 0.1) is 18.0 Å². The molecule has 2 aromatic rings. The first-order valence-electron chi connectivity index (χ1n) is 10.0. The summed E-state index contributed by atoms with van der Waals surface area (Å²) in [6.45, 7) is 0.517. The third-order valence-electron chi connectivity index (χ3n) is 4.78. The number of carbonyl (C=O) groups excluding carboxylic acids is 2. The van der Waals surface area contributed by atoms with E-state index in [-0.39, 0.29) is 26.7 Å². The highest BCUT2D eigenvalue weighted by atomic mass is 79.9. The van der Waals surface area contributed by atoms with Gasteiger partial charge < -0.3 is 10.6 Å². The van der Waals surface area contributed by atoms with Crippen LogP contribution in [0.5, 0.6) is 0 Å². The molecule has 0 fully saturated rings.